The van der Waals surface area contributed by atoms with E-state index in [9.17, 15) is 9.59 Å². The Morgan fingerprint density at radius 3 is 2.47 bits per heavy atom. The number of ether oxygens (including phenoxy) is 1. The summed E-state index contributed by atoms with van der Waals surface area (Å²) < 4.78 is 6.90. The Hall–Kier alpha value is -3.68. The molecular weight excluding hydrogens is 382 g/mol. The average Bonchev–Trinajstić information content (AvgIpc) is 3.30. The van der Waals surface area contributed by atoms with Gasteiger partial charge in [-0.3, -0.25) is 9.59 Å². The summed E-state index contributed by atoms with van der Waals surface area (Å²) in [6, 6.07) is 13.9. The van der Waals surface area contributed by atoms with Gasteiger partial charge in [0.25, 0.3) is 5.91 Å². The van der Waals surface area contributed by atoms with Crippen LogP contribution in [-0.2, 0) is 11.3 Å². The minimum atomic E-state index is -0.670. The van der Waals surface area contributed by atoms with E-state index in [1.54, 1.807) is 35.3 Å². The molecule has 8 heteroatoms. The molecule has 1 aromatic heterocycles. The summed E-state index contributed by atoms with van der Waals surface area (Å²) >= 11 is 0. The molecule has 8 nitrogen and oxygen atoms in total. The number of nitrogens with one attached hydrogen (secondary N) is 2. The third kappa shape index (κ3) is 5.02. The van der Waals surface area contributed by atoms with Crippen LogP contribution in [-0.4, -0.2) is 39.7 Å². The van der Waals surface area contributed by atoms with Gasteiger partial charge in [0, 0.05) is 6.54 Å². The van der Waals surface area contributed by atoms with Crippen molar-refractivity contribution in [1.29, 1.82) is 0 Å². The highest BCUT2D eigenvalue weighted by atomic mass is 16.5. The quantitative estimate of drug-likeness (QED) is 0.597. The van der Waals surface area contributed by atoms with E-state index >= 15 is 0 Å². The van der Waals surface area contributed by atoms with Gasteiger partial charge in [0.15, 0.2) is 0 Å². The van der Waals surface area contributed by atoms with E-state index < -0.39 is 6.04 Å². The van der Waals surface area contributed by atoms with Gasteiger partial charge in [0.2, 0.25) is 5.91 Å². The number of hydrogen-bond donors (Lipinski definition) is 2. The Balaban J connectivity index is 1.62. The summed E-state index contributed by atoms with van der Waals surface area (Å²) in [6.45, 7) is 4.13. The van der Waals surface area contributed by atoms with Crippen LogP contribution in [0.4, 0.5) is 0 Å². The fraction of sp³-hybridized carbons (Fsp3) is 0.273. The molecule has 0 bridgehead atoms. The molecule has 3 aromatic rings. The number of rotatable bonds is 8. The first-order chi connectivity index (χ1) is 14.5. The summed E-state index contributed by atoms with van der Waals surface area (Å²) in [5, 5.41) is 9.81. The molecular formula is C22H25N5O3. The number of benzene rings is 2. The standard InChI is InChI=1S/C22H25N5O3/c1-15(2)20(26-21(28)18-6-4-5-7-19(18)30-3)22(29)24-12-16-8-10-17(11-9-16)27-14-23-13-25-27/h4-11,13-15,20H,12H2,1-3H3,(H,24,29)(H,26,28). The Morgan fingerprint density at radius 1 is 1.10 bits per heavy atom. The first-order valence-electron chi connectivity index (χ1n) is 9.65. The molecule has 0 radical (unpaired) electrons. The van der Waals surface area contributed by atoms with E-state index in [-0.39, 0.29) is 17.7 Å². The molecule has 0 spiro atoms. The fourth-order valence-corrected chi connectivity index (χ4v) is 2.99. The van der Waals surface area contributed by atoms with Gasteiger partial charge in [-0.15, -0.1) is 0 Å². The lowest BCUT2D eigenvalue weighted by molar-refractivity contribution is -0.124. The highest BCUT2D eigenvalue weighted by Crippen LogP contribution is 2.18. The van der Waals surface area contributed by atoms with Crippen molar-refractivity contribution in [2.75, 3.05) is 7.11 Å². The number of aromatic nitrogens is 3. The normalized spacial score (nSPS) is 11.7. The van der Waals surface area contributed by atoms with Crippen molar-refractivity contribution in [2.45, 2.75) is 26.4 Å². The lowest BCUT2D eigenvalue weighted by Gasteiger charge is -2.22. The number of methoxy groups -OCH3 is 1. The van der Waals surface area contributed by atoms with E-state index in [1.165, 1.54) is 13.4 Å². The topological polar surface area (TPSA) is 98.1 Å². The van der Waals surface area contributed by atoms with Gasteiger partial charge in [-0.05, 0) is 35.7 Å². The summed E-state index contributed by atoms with van der Waals surface area (Å²) in [7, 11) is 1.51. The van der Waals surface area contributed by atoms with Crippen molar-refractivity contribution in [3.05, 3.63) is 72.3 Å². The largest absolute Gasteiger partial charge is 0.496 e. The SMILES string of the molecule is COc1ccccc1C(=O)NC(C(=O)NCc1ccc(-n2cncn2)cc1)C(C)C. The Bertz CT molecular complexity index is 984. The molecule has 1 atom stereocenters. The van der Waals surface area contributed by atoms with Gasteiger partial charge in [-0.25, -0.2) is 9.67 Å². The molecule has 0 saturated heterocycles. The van der Waals surface area contributed by atoms with Crippen LogP contribution in [0.15, 0.2) is 61.2 Å². The van der Waals surface area contributed by atoms with Gasteiger partial charge in [-0.1, -0.05) is 38.1 Å². The molecule has 0 aliphatic rings. The second-order valence-electron chi connectivity index (χ2n) is 7.12. The minimum Gasteiger partial charge on any atom is -0.496 e. The van der Waals surface area contributed by atoms with E-state index in [4.69, 9.17) is 4.74 Å². The van der Waals surface area contributed by atoms with Crippen molar-refractivity contribution >= 4 is 11.8 Å². The van der Waals surface area contributed by atoms with Gasteiger partial charge < -0.3 is 15.4 Å². The van der Waals surface area contributed by atoms with Crippen LogP contribution in [0.5, 0.6) is 5.75 Å². The van der Waals surface area contributed by atoms with Crippen LogP contribution in [0.1, 0.15) is 29.8 Å². The maximum Gasteiger partial charge on any atom is 0.255 e. The Morgan fingerprint density at radius 2 is 1.83 bits per heavy atom. The number of carbonyl (C=O) groups is 2. The van der Waals surface area contributed by atoms with Gasteiger partial charge in [0.1, 0.15) is 24.4 Å². The number of nitrogens with zero attached hydrogens (tertiary/aromatic N) is 3. The lowest BCUT2D eigenvalue weighted by atomic mass is 10.0. The lowest BCUT2D eigenvalue weighted by Crippen LogP contribution is -2.49. The predicted molar refractivity (Wildman–Crippen MR) is 112 cm³/mol. The van der Waals surface area contributed by atoms with E-state index in [0.717, 1.165) is 11.3 Å². The van der Waals surface area contributed by atoms with E-state index in [2.05, 4.69) is 20.7 Å². The van der Waals surface area contributed by atoms with Crippen molar-refractivity contribution in [3.8, 4) is 11.4 Å². The molecule has 2 N–H and O–H groups in total. The maximum absolute atomic E-state index is 12.8. The van der Waals surface area contributed by atoms with E-state index in [0.29, 0.717) is 17.9 Å². The third-order valence-corrected chi connectivity index (χ3v) is 4.67. The van der Waals surface area contributed by atoms with Crippen LogP contribution in [0.25, 0.3) is 5.69 Å². The average molecular weight is 407 g/mol. The Kier molecular flexibility index (Phi) is 6.79. The fourth-order valence-electron chi connectivity index (χ4n) is 2.99. The van der Waals surface area contributed by atoms with Gasteiger partial charge >= 0.3 is 0 Å². The zero-order chi connectivity index (χ0) is 21.5. The minimum absolute atomic E-state index is 0.0849. The summed E-state index contributed by atoms with van der Waals surface area (Å²) in [5.74, 6) is -0.212. The molecule has 2 aromatic carbocycles. The van der Waals surface area contributed by atoms with Crippen molar-refractivity contribution in [1.82, 2.24) is 25.4 Å². The summed E-state index contributed by atoms with van der Waals surface area (Å²) in [4.78, 5) is 29.4. The second kappa shape index (κ2) is 9.69. The van der Waals surface area contributed by atoms with Crippen LogP contribution in [0.2, 0.25) is 0 Å². The van der Waals surface area contributed by atoms with Gasteiger partial charge in [-0.2, -0.15) is 5.10 Å². The van der Waals surface area contributed by atoms with Crippen LogP contribution in [0, 0.1) is 5.92 Å². The predicted octanol–water partition coefficient (Wildman–Crippen LogP) is 2.35. The summed E-state index contributed by atoms with van der Waals surface area (Å²) in [6.07, 6.45) is 3.09. The third-order valence-electron chi connectivity index (χ3n) is 4.67. The molecule has 156 valence electrons. The van der Waals surface area contributed by atoms with E-state index in [1.807, 2.05) is 38.1 Å². The molecule has 2 amide bonds. The van der Waals surface area contributed by atoms with Crippen molar-refractivity contribution in [3.63, 3.8) is 0 Å². The first-order valence-corrected chi connectivity index (χ1v) is 9.65. The zero-order valence-electron chi connectivity index (χ0n) is 17.2. The molecule has 0 saturated carbocycles. The number of hydrogen-bond acceptors (Lipinski definition) is 5. The zero-order valence-corrected chi connectivity index (χ0v) is 17.2. The van der Waals surface area contributed by atoms with Crippen LogP contribution >= 0.6 is 0 Å². The van der Waals surface area contributed by atoms with Crippen molar-refractivity contribution in [2.24, 2.45) is 5.92 Å². The van der Waals surface area contributed by atoms with Crippen LogP contribution < -0.4 is 15.4 Å². The molecule has 1 heterocycles. The van der Waals surface area contributed by atoms with Gasteiger partial charge in [0.05, 0.1) is 18.4 Å². The maximum atomic E-state index is 12.8. The van der Waals surface area contributed by atoms with Crippen LogP contribution in [0.3, 0.4) is 0 Å². The highest BCUT2D eigenvalue weighted by molar-refractivity contribution is 5.99. The molecule has 0 fully saturated rings. The smallest absolute Gasteiger partial charge is 0.255 e. The number of para-hydroxylation sites is 1. The number of carbonyl (C=O) groups excluding carboxylic acids is 2. The molecule has 1 unspecified atom stereocenters. The summed E-state index contributed by atoms with van der Waals surface area (Å²) in [5.41, 5.74) is 2.21. The van der Waals surface area contributed by atoms with Crippen molar-refractivity contribution < 1.29 is 14.3 Å². The highest BCUT2D eigenvalue weighted by Gasteiger charge is 2.25. The molecule has 0 aliphatic heterocycles. The number of amides is 2. The first kappa shape index (κ1) is 21.0. The second-order valence-corrected chi connectivity index (χ2v) is 7.12. The molecule has 30 heavy (non-hydrogen) atoms. The molecule has 3 rings (SSSR count). The Labute approximate surface area is 175 Å². The molecule has 0 aliphatic carbocycles. The monoisotopic (exact) mass is 407 g/mol.